The molecule has 1 aromatic heterocycles. The summed E-state index contributed by atoms with van der Waals surface area (Å²) < 4.78 is 0. The number of halogens is 1. The molecule has 1 saturated carbocycles. The number of H-pyrrole nitrogens is 1. The number of aromatic carboxylic acids is 1. The van der Waals surface area contributed by atoms with E-state index in [1.807, 2.05) is 12.1 Å². The van der Waals surface area contributed by atoms with E-state index in [9.17, 15) is 4.79 Å². The molecular weight excluding hydrogens is 290 g/mol. The minimum absolute atomic E-state index is 0.0469. The van der Waals surface area contributed by atoms with Gasteiger partial charge in [-0.25, -0.2) is 4.79 Å². The second kappa shape index (κ2) is 5.50. The highest BCUT2D eigenvalue weighted by Crippen LogP contribution is 2.47. The molecule has 0 saturated heterocycles. The first-order valence-corrected chi connectivity index (χ1v) is 7.21. The fourth-order valence-electron chi connectivity index (χ4n) is 2.52. The third kappa shape index (κ3) is 3.09. The first-order valence-electron chi connectivity index (χ1n) is 6.83. The Kier molecular flexibility index (Phi) is 3.69. The normalized spacial score (nSPS) is 15.9. The van der Waals surface area contributed by atoms with Gasteiger partial charge in [-0.05, 0) is 36.6 Å². The van der Waals surface area contributed by atoms with Crippen molar-refractivity contribution in [2.45, 2.75) is 24.8 Å². The predicted molar refractivity (Wildman–Crippen MR) is 79.6 cm³/mol. The molecule has 1 aliphatic carbocycles. The standard InChI is InChI=1S/C15H16ClN3O2/c16-11-3-1-10(2-4-11)15(5-6-15)9-17-8-12-7-13(14(20)21)19-18-12/h1-4,7,17H,5-6,8-9H2,(H,18,19)(H,20,21). The van der Waals surface area contributed by atoms with Gasteiger partial charge < -0.3 is 10.4 Å². The van der Waals surface area contributed by atoms with E-state index in [4.69, 9.17) is 16.7 Å². The first kappa shape index (κ1) is 14.1. The van der Waals surface area contributed by atoms with Crippen molar-refractivity contribution in [1.29, 1.82) is 0 Å². The van der Waals surface area contributed by atoms with Gasteiger partial charge in [-0.2, -0.15) is 5.10 Å². The molecule has 0 spiro atoms. The summed E-state index contributed by atoms with van der Waals surface area (Å²) in [4.78, 5) is 10.8. The van der Waals surface area contributed by atoms with Crippen molar-refractivity contribution in [3.05, 3.63) is 52.3 Å². The van der Waals surface area contributed by atoms with Crippen LogP contribution in [0, 0.1) is 0 Å². The van der Waals surface area contributed by atoms with Crippen LogP contribution in [0.5, 0.6) is 0 Å². The van der Waals surface area contributed by atoms with Crippen LogP contribution >= 0.6 is 11.6 Å². The summed E-state index contributed by atoms with van der Waals surface area (Å²) in [5.41, 5.74) is 2.32. The highest BCUT2D eigenvalue weighted by Gasteiger charge is 2.43. The average molecular weight is 306 g/mol. The highest BCUT2D eigenvalue weighted by molar-refractivity contribution is 6.30. The quantitative estimate of drug-likeness (QED) is 0.766. The van der Waals surface area contributed by atoms with Crippen LogP contribution in [-0.4, -0.2) is 27.8 Å². The lowest BCUT2D eigenvalue weighted by molar-refractivity contribution is 0.0690. The van der Waals surface area contributed by atoms with Gasteiger partial charge in [0, 0.05) is 29.2 Å². The SMILES string of the molecule is O=C(O)c1cc(CNCC2(c3ccc(Cl)cc3)CC2)[nH]n1. The number of hydrogen-bond donors (Lipinski definition) is 3. The third-order valence-electron chi connectivity index (χ3n) is 3.94. The summed E-state index contributed by atoms with van der Waals surface area (Å²) >= 11 is 5.92. The van der Waals surface area contributed by atoms with Gasteiger partial charge in [-0.3, -0.25) is 5.10 Å². The zero-order valence-corrected chi connectivity index (χ0v) is 12.2. The van der Waals surface area contributed by atoms with Crippen LogP contribution < -0.4 is 5.32 Å². The first-order chi connectivity index (χ1) is 10.1. The molecule has 6 heteroatoms. The summed E-state index contributed by atoms with van der Waals surface area (Å²) in [5, 5.41) is 19.4. The van der Waals surface area contributed by atoms with Crippen LogP contribution in [0.15, 0.2) is 30.3 Å². The summed E-state index contributed by atoms with van der Waals surface area (Å²) in [7, 11) is 0. The molecule has 1 heterocycles. The van der Waals surface area contributed by atoms with Crippen LogP contribution in [0.25, 0.3) is 0 Å². The lowest BCUT2D eigenvalue weighted by Crippen LogP contribution is -2.26. The largest absolute Gasteiger partial charge is 0.476 e. The zero-order chi connectivity index (χ0) is 14.9. The molecule has 1 aromatic carbocycles. The average Bonchev–Trinajstić information content (AvgIpc) is 3.09. The Morgan fingerprint density at radius 3 is 2.67 bits per heavy atom. The molecule has 3 rings (SSSR count). The van der Waals surface area contributed by atoms with Gasteiger partial charge in [-0.1, -0.05) is 23.7 Å². The number of benzene rings is 1. The van der Waals surface area contributed by atoms with Gasteiger partial charge in [0.15, 0.2) is 5.69 Å². The molecule has 0 bridgehead atoms. The molecule has 0 radical (unpaired) electrons. The molecule has 5 nitrogen and oxygen atoms in total. The fourth-order valence-corrected chi connectivity index (χ4v) is 2.65. The number of nitrogens with zero attached hydrogens (tertiary/aromatic N) is 1. The smallest absolute Gasteiger partial charge is 0.356 e. The monoisotopic (exact) mass is 305 g/mol. The molecule has 110 valence electrons. The van der Waals surface area contributed by atoms with Crippen molar-refractivity contribution in [2.24, 2.45) is 0 Å². The Morgan fingerprint density at radius 2 is 2.10 bits per heavy atom. The number of aromatic amines is 1. The van der Waals surface area contributed by atoms with Crippen LogP contribution in [0.2, 0.25) is 5.02 Å². The number of rotatable bonds is 6. The maximum atomic E-state index is 10.8. The zero-order valence-electron chi connectivity index (χ0n) is 11.4. The second-order valence-corrected chi connectivity index (χ2v) is 5.91. The van der Waals surface area contributed by atoms with Gasteiger partial charge in [0.05, 0.1) is 0 Å². The maximum Gasteiger partial charge on any atom is 0.356 e. The summed E-state index contributed by atoms with van der Waals surface area (Å²) in [5.74, 6) is -1.02. The van der Waals surface area contributed by atoms with Crippen molar-refractivity contribution in [3.8, 4) is 0 Å². The summed E-state index contributed by atoms with van der Waals surface area (Å²) in [6.45, 7) is 1.44. The van der Waals surface area contributed by atoms with E-state index in [0.29, 0.717) is 6.54 Å². The minimum atomic E-state index is -1.02. The number of carboxylic acid groups (broad SMARTS) is 1. The van der Waals surface area contributed by atoms with Crippen LogP contribution in [-0.2, 0) is 12.0 Å². The van der Waals surface area contributed by atoms with Crippen molar-refractivity contribution >= 4 is 17.6 Å². The Morgan fingerprint density at radius 1 is 1.38 bits per heavy atom. The van der Waals surface area contributed by atoms with Crippen LogP contribution in [0.4, 0.5) is 0 Å². The molecule has 0 unspecified atom stereocenters. The number of hydrogen-bond acceptors (Lipinski definition) is 3. The van der Waals surface area contributed by atoms with E-state index in [-0.39, 0.29) is 11.1 Å². The molecule has 3 N–H and O–H groups in total. The van der Waals surface area contributed by atoms with Crippen molar-refractivity contribution in [1.82, 2.24) is 15.5 Å². The van der Waals surface area contributed by atoms with Crippen molar-refractivity contribution in [3.63, 3.8) is 0 Å². The van der Waals surface area contributed by atoms with Crippen LogP contribution in [0.1, 0.15) is 34.6 Å². The van der Waals surface area contributed by atoms with Gasteiger partial charge in [-0.15, -0.1) is 0 Å². The molecule has 1 aliphatic rings. The maximum absolute atomic E-state index is 10.8. The van der Waals surface area contributed by atoms with E-state index >= 15 is 0 Å². The molecule has 2 aromatic rings. The molecule has 0 aliphatic heterocycles. The lowest BCUT2D eigenvalue weighted by Gasteiger charge is -2.16. The number of carboxylic acids is 1. The molecule has 0 atom stereocenters. The van der Waals surface area contributed by atoms with E-state index in [1.54, 1.807) is 6.07 Å². The van der Waals surface area contributed by atoms with Gasteiger partial charge in [0.25, 0.3) is 0 Å². The van der Waals surface area contributed by atoms with Gasteiger partial charge >= 0.3 is 5.97 Å². The Balaban J connectivity index is 1.57. The topological polar surface area (TPSA) is 78.0 Å². The van der Waals surface area contributed by atoms with E-state index in [0.717, 1.165) is 30.1 Å². The van der Waals surface area contributed by atoms with Crippen LogP contribution in [0.3, 0.4) is 0 Å². The fraction of sp³-hybridized carbons (Fsp3) is 0.333. The van der Waals surface area contributed by atoms with E-state index < -0.39 is 5.97 Å². The number of carbonyl (C=O) groups is 1. The summed E-state index contributed by atoms with van der Waals surface area (Å²) in [6, 6.07) is 9.55. The Hall–Kier alpha value is -1.85. The molecule has 1 fully saturated rings. The Labute approximate surface area is 127 Å². The summed E-state index contributed by atoms with van der Waals surface area (Å²) in [6.07, 6.45) is 2.32. The second-order valence-electron chi connectivity index (χ2n) is 5.47. The Bertz CT molecular complexity index is 647. The predicted octanol–water partition coefficient (Wildman–Crippen LogP) is 2.58. The molecule has 21 heavy (non-hydrogen) atoms. The molecule has 0 amide bonds. The lowest BCUT2D eigenvalue weighted by atomic mass is 9.96. The number of nitrogens with one attached hydrogen (secondary N) is 2. The van der Waals surface area contributed by atoms with Gasteiger partial charge in [0.2, 0.25) is 0 Å². The van der Waals surface area contributed by atoms with E-state index in [1.165, 1.54) is 5.56 Å². The van der Waals surface area contributed by atoms with E-state index in [2.05, 4.69) is 27.6 Å². The highest BCUT2D eigenvalue weighted by atomic mass is 35.5. The van der Waals surface area contributed by atoms with Gasteiger partial charge in [0.1, 0.15) is 0 Å². The number of aromatic nitrogens is 2. The third-order valence-corrected chi connectivity index (χ3v) is 4.19. The van der Waals surface area contributed by atoms with Crippen molar-refractivity contribution in [2.75, 3.05) is 6.54 Å². The minimum Gasteiger partial charge on any atom is -0.476 e. The van der Waals surface area contributed by atoms with Crippen molar-refractivity contribution < 1.29 is 9.90 Å². The molecular formula is C15H16ClN3O2.